The van der Waals surface area contributed by atoms with Crippen LogP contribution >= 0.6 is 0 Å². The number of hydrogen-bond donors (Lipinski definition) is 0. The van der Waals surface area contributed by atoms with Gasteiger partial charge in [-0.15, -0.1) is 0 Å². The van der Waals surface area contributed by atoms with Crippen LogP contribution in [0.25, 0.3) is 33.4 Å². The van der Waals surface area contributed by atoms with Gasteiger partial charge in [-0.25, -0.2) is 0 Å². The van der Waals surface area contributed by atoms with E-state index in [1.54, 1.807) is 19.2 Å². The number of ether oxygens (including phenoxy) is 1. The van der Waals surface area contributed by atoms with Crippen LogP contribution in [0.1, 0.15) is 0 Å². The number of rotatable bonds is 3. The first-order chi connectivity index (χ1) is 12.3. The molecule has 0 aliphatic rings. The quantitative estimate of drug-likeness (QED) is 0.523. The van der Waals surface area contributed by atoms with Crippen LogP contribution in [-0.2, 0) is 0 Å². The lowest BCUT2D eigenvalue weighted by Gasteiger charge is -2.13. The molecule has 3 aromatic carbocycles. The van der Waals surface area contributed by atoms with Gasteiger partial charge in [0.15, 0.2) is 5.43 Å². The first-order valence-corrected chi connectivity index (χ1v) is 8.03. The van der Waals surface area contributed by atoms with E-state index in [0.717, 1.165) is 16.7 Å². The molecule has 0 amide bonds. The van der Waals surface area contributed by atoms with E-state index in [4.69, 9.17) is 9.15 Å². The molecule has 0 aliphatic carbocycles. The van der Waals surface area contributed by atoms with Crippen molar-refractivity contribution in [1.82, 2.24) is 0 Å². The third-order valence-electron chi connectivity index (χ3n) is 4.20. The molecular weight excluding hydrogens is 312 g/mol. The van der Waals surface area contributed by atoms with Crippen molar-refractivity contribution in [3.63, 3.8) is 0 Å². The average Bonchev–Trinajstić information content (AvgIpc) is 2.68. The lowest BCUT2D eigenvalue weighted by Crippen LogP contribution is -2.01. The summed E-state index contributed by atoms with van der Waals surface area (Å²) < 4.78 is 11.7. The molecule has 0 radical (unpaired) electrons. The van der Waals surface area contributed by atoms with Crippen molar-refractivity contribution in [3.8, 4) is 28.2 Å². The Morgan fingerprint density at radius 3 is 2.32 bits per heavy atom. The number of fused-ring (bicyclic) bond motifs is 1. The fraction of sp³-hybridized carbons (Fsp3) is 0.0455. The number of methoxy groups -OCH3 is 1. The minimum atomic E-state index is -0.0657. The van der Waals surface area contributed by atoms with Gasteiger partial charge in [0.1, 0.15) is 17.1 Å². The van der Waals surface area contributed by atoms with Crippen LogP contribution in [0.2, 0.25) is 0 Å². The Hall–Kier alpha value is -3.33. The van der Waals surface area contributed by atoms with Crippen LogP contribution in [0.15, 0.2) is 88.1 Å². The van der Waals surface area contributed by atoms with E-state index in [2.05, 4.69) is 0 Å². The highest BCUT2D eigenvalue weighted by molar-refractivity contribution is 5.83. The van der Waals surface area contributed by atoms with Gasteiger partial charge in [-0.1, -0.05) is 54.6 Å². The fourth-order valence-electron chi connectivity index (χ4n) is 3.03. The summed E-state index contributed by atoms with van der Waals surface area (Å²) in [6.07, 6.45) is 0. The highest BCUT2D eigenvalue weighted by atomic mass is 16.5. The number of para-hydroxylation sites is 2. The summed E-state index contributed by atoms with van der Waals surface area (Å²) in [5, 5.41) is 0.574. The van der Waals surface area contributed by atoms with Gasteiger partial charge in [0.05, 0.1) is 18.1 Å². The standard InChI is InChI=1S/C22H16O3/c1-24-22-16(15-8-3-2-4-9-15)11-7-12-18(22)21-14-19(23)17-10-5-6-13-20(17)25-21/h2-14H,1H3. The third kappa shape index (κ3) is 2.70. The smallest absolute Gasteiger partial charge is 0.193 e. The Kier molecular flexibility index (Phi) is 3.82. The van der Waals surface area contributed by atoms with E-state index in [1.165, 1.54) is 6.07 Å². The first-order valence-electron chi connectivity index (χ1n) is 8.03. The summed E-state index contributed by atoms with van der Waals surface area (Å²) in [7, 11) is 1.63. The van der Waals surface area contributed by atoms with Crippen molar-refractivity contribution in [2.45, 2.75) is 0 Å². The molecule has 3 heteroatoms. The predicted molar refractivity (Wildman–Crippen MR) is 99.9 cm³/mol. The largest absolute Gasteiger partial charge is 0.495 e. The van der Waals surface area contributed by atoms with Crippen LogP contribution in [0, 0.1) is 0 Å². The zero-order valence-electron chi connectivity index (χ0n) is 13.7. The second-order valence-corrected chi connectivity index (χ2v) is 5.72. The Labute approximate surface area is 145 Å². The molecule has 0 bridgehead atoms. The summed E-state index contributed by atoms with van der Waals surface area (Å²) in [5.41, 5.74) is 3.26. The molecule has 0 atom stereocenters. The van der Waals surface area contributed by atoms with Gasteiger partial charge < -0.3 is 9.15 Å². The minimum absolute atomic E-state index is 0.0657. The van der Waals surface area contributed by atoms with Gasteiger partial charge in [-0.3, -0.25) is 4.79 Å². The lowest BCUT2D eigenvalue weighted by atomic mass is 10.00. The average molecular weight is 328 g/mol. The Morgan fingerprint density at radius 1 is 0.800 bits per heavy atom. The first kappa shape index (κ1) is 15.2. The normalized spacial score (nSPS) is 10.8. The van der Waals surface area contributed by atoms with Crippen molar-refractivity contribution in [2.24, 2.45) is 0 Å². The van der Waals surface area contributed by atoms with E-state index in [1.807, 2.05) is 60.7 Å². The van der Waals surface area contributed by atoms with Crippen LogP contribution in [0.5, 0.6) is 5.75 Å². The zero-order chi connectivity index (χ0) is 17.2. The van der Waals surface area contributed by atoms with Crippen LogP contribution in [-0.4, -0.2) is 7.11 Å². The van der Waals surface area contributed by atoms with Crippen molar-refractivity contribution >= 4 is 11.0 Å². The van der Waals surface area contributed by atoms with E-state index in [0.29, 0.717) is 22.5 Å². The molecular formula is C22H16O3. The summed E-state index contributed by atoms with van der Waals surface area (Å²) in [5.74, 6) is 1.19. The number of hydrogen-bond acceptors (Lipinski definition) is 3. The summed E-state index contributed by atoms with van der Waals surface area (Å²) >= 11 is 0. The summed E-state index contributed by atoms with van der Waals surface area (Å²) in [6, 6.07) is 24.6. The van der Waals surface area contributed by atoms with Gasteiger partial charge in [0.25, 0.3) is 0 Å². The summed E-state index contributed by atoms with van der Waals surface area (Å²) in [4.78, 5) is 12.4. The number of benzene rings is 3. The van der Waals surface area contributed by atoms with Gasteiger partial charge in [-0.05, 0) is 23.8 Å². The van der Waals surface area contributed by atoms with Crippen molar-refractivity contribution in [3.05, 3.63) is 89.1 Å². The van der Waals surface area contributed by atoms with Crippen molar-refractivity contribution < 1.29 is 9.15 Å². The lowest BCUT2D eigenvalue weighted by molar-refractivity contribution is 0.416. The van der Waals surface area contributed by atoms with Gasteiger partial charge in [-0.2, -0.15) is 0 Å². The molecule has 0 fully saturated rings. The fourth-order valence-corrected chi connectivity index (χ4v) is 3.03. The van der Waals surface area contributed by atoms with Crippen molar-refractivity contribution in [1.29, 1.82) is 0 Å². The zero-order valence-corrected chi connectivity index (χ0v) is 13.7. The topological polar surface area (TPSA) is 39.4 Å². The summed E-state index contributed by atoms with van der Waals surface area (Å²) in [6.45, 7) is 0. The van der Waals surface area contributed by atoms with E-state index >= 15 is 0 Å². The Morgan fingerprint density at radius 2 is 1.52 bits per heavy atom. The predicted octanol–water partition coefficient (Wildman–Crippen LogP) is 5.14. The van der Waals surface area contributed by atoms with E-state index < -0.39 is 0 Å². The maximum Gasteiger partial charge on any atom is 0.193 e. The third-order valence-corrected chi connectivity index (χ3v) is 4.20. The van der Waals surface area contributed by atoms with Crippen LogP contribution in [0.4, 0.5) is 0 Å². The van der Waals surface area contributed by atoms with Crippen LogP contribution < -0.4 is 10.2 Å². The van der Waals surface area contributed by atoms with Crippen molar-refractivity contribution in [2.75, 3.05) is 7.11 Å². The highest BCUT2D eigenvalue weighted by Crippen LogP contribution is 2.38. The van der Waals surface area contributed by atoms with Gasteiger partial charge in [0, 0.05) is 11.6 Å². The monoisotopic (exact) mass is 328 g/mol. The van der Waals surface area contributed by atoms with Crippen LogP contribution in [0.3, 0.4) is 0 Å². The Balaban J connectivity index is 1.96. The maximum absolute atomic E-state index is 12.4. The molecule has 4 aromatic rings. The molecule has 3 nitrogen and oxygen atoms in total. The SMILES string of the molecule is COc1c(-c2ccccc2)cccc1-c1cc(=O)c2ccccc2o1. The molecule has 0 spiro atoms. The molecule has 0 saturated carbocycles. The second kappa shape index (κ2) is 6.29. The molecule has 1 heterocycles. The molecule has 0 unspecified atom stereocenters. The molecule has 0 N–H and O–H groups in total. The molecule has 25 heavy (non-hydrogen) atoms. The van der Waals surface area contributed by atoms with Gasteiger partial charge >= 0.3 is 0 Å². The van der Waals surface area contributed by atoms with E-state index in [9.17, 15) is 4.79 Å². The molecule has 1 aromatic heterocycles. The second-order valence-electron chi connectivity index (χ2n) is 5.72. The molecule has 0 saturated heterocycles. The van der Waals surface area contributed by atoms with Gasteiger partial charge in [0.2, 0.25) is 0 Å². The molecule has 122 valence electrons. The Bertz CT molecular complexity index is 1090. The molecule has 4 rings (SSSR count). The van der Waals surface area contributed by atoms with E-state index in [-0.39, 0.29) is 5.43 Å². The minimum Gasteiger partial charge on any atom is -0.495 e. The maximum atomic E-state index is 12.4. The molecule has 0 aliphatic heterocycles. The highest BCUT2D eigenvalue weighted by Gasteiger charge is 2.15.